The topological polar surface area (TPSA) is 47.3 Å². The number of aryl methyl sites for hydroxylation is 2. The van der Waals surface area contributed by atoms with E-state index < -0.39 is 0 Å². The third-order valence-corrected chi connectivity index (χ3v) is 3.02. The molecule has 0 N–H and O–H groups in total. The number of carbonyl (C=O) groups excluding carboxylic acids is 2. The molecule has 0 amide bonds. The molecule has 0 bridgehead atoms. The van der Waals surface area contributed by atoms with Crippen molar-refractivity contribution in [2.75, 3.05) is 0 Å². The van der Waals surface area contributed by atoms with Gasteiger partial charge in [0.25, 0.3) is 0 Å². The standard InChI is InChI=1S/C16H16O3/c1-10-5-4-6-13(7-10)16(18)9-14-8-15(11(2)17)12(3)19-14/h4-8H,9H2,1-3H3. The van der Waals surface area contributed by atoms with Crippen LogP contribution in [0.15, 0.2) is 34.7 Å². The zero-order chi connectivity index (χ0) is 14.0. The number of rotatable bonds is 4. The summed E-state index contributed by atoms with van der Waals surface area (Å²) in [6.07, 6.45) is 0.178. The Morgan fingerprint density at radius 1 is 1.16 bits per heavy atom. The molecule has 0 spiro atoms. The van der Waals surface area contributed by atoms with Gasteiger partial charge in [0.15, 0.2) is 11.6 Å². The fourth-order valence-electron chi connectivity index (χ4n) is 2.06. The van der Waals surface area contributed by atoms with Crippen molar-refractivity contribution in [2.45, 2.75) is 27.2 Å². The minimum absolute atomic E-state index is 0.00690. The van der Waals surface area contributed by atoms with Crippen molar-refractivity contribution in [3.05, 3.63) is 58.5 Å². The quantitative estimate of drug-likeness (QED) is 0.786. The van der Waals surface area contributed by atoms with E-state index in [1.165, 1.54) is 6.92 Å². The molecule has 1 aromatic carbocycles. The first-order chi connectivity index (χ1) is 8.97. The van der Waals surface area contributed by atoms with E-state index in [0.29, 0.717) is 22.6 Å². The van der Waals surface area contributed by atoms with E-state index >= 15 is 0 Å². The normalized spacial score (nSPS) is 10.5. The smallest absolute Gasteiger partial charge is 0.170 e. The molecule has 0 saturated heterocycles. The molecule has 0 aliphatic rings. The van der Waals surface area contributed by atoms with Crippen molar-refractivity contribution in [2.24, 2.45) is 0 Å². The highest BCUT2D eigenvalue weighted by molar-refractivity contribution is 5.98. The predicted molar refractivity (Wildman–Crippen MR) is 72.7 cm³/mol. The highest BCUT2D eigenvalue weighted by atomic mass is 16.3. The second-order valence-electron chi connectivity index (χ2n) is 4.71. The van der Waals surface area contributed by atoms with E-state index in [-0.39, 0.29) is 18.0 Å². The third-order valence-electron chi connectivity index (χ3n) is 3.02. The number of carbonyl (C=O) groups is 2. The van der Waals surface area contributed by atoms with Crippen molar-refractivity contribution in [1.29, 1.82) is 0 Å². The molecule has 3 heteroatoms. The van der Waals surface area contributed by atoms with E-state index in [1.807, 2.05) is 25.1 Å². The third kappa shape index (κ3) is 2.99. The Balaban J connectivity index is 2.20. The number of hydrogen-bond donors (Lipinski definition) is 0. The molecular weight excluding hydrogens is 240 g/mol. The van der Waals surface area contributed by atoms with Crippen molar-refractivity contribution in [3.8, 4) is 0 Å². The van der Waals surface area contributed by atoms with E-state index in [4.69, 9.17) is 4.42 Å². The maximum absolute atomic E-state index is 12.1. The molecule has 0 aliphatic heterocycles. The molecule has 1 aromatic heterocycles. The summed E-state index contributed by atoms with van der Waals surface area (Å²) >= 11 is 0. The highest BCUT2D eigenvalue weighted by Crippen LogP contribution is 2.17. The van der Waals surface area contributed by atoms with Gasteiger partial charge in [-0.25, -0.2) is 0 Å². The summed E-state index contributed by atoms with van der Waals surface area (Å²) in [5.74, 6) is 1.05. The van der Waals surface area contributed by atoms with Crippen LogP contribution < -0.4 is 0 Å². The molecule has 98 valence electrons. The van der Waals surface area contributed by atoms with Crippen LogP contribution in [0.3, 0.4) is 0 Å². The van der Waals surface area contributed by atoms with Gasteiger partial charge in [0.2, 0.25) is 0 Å². The monoisotopic (exact) mass is 256 g/mol. The van der Waals surface area contributed by atoms with E-state index in [9.17, 15) is 9.59 Å². The second-order valence-corrected chi connectivity index (χ2v) is 4.71. The van der Waals surface area contributed by atoms with Crippen LogP contribution in [0.25, 0.3) is 0 Å². The number of ketones is 2. The molecule has 0 aliphatic carbocycles. The second kappa shape index (κ2) is 5.22. The Morgan fingerprint density at radius 3 is 2.47 bits per heavy atom. The number of furan rings is 1. The van der Waals surface area contributed by atoms with E-state index in [1.54, 1.807) is 19.1 Å². The van der Waals surface area contributed by atoms with Crippen LogP contribution in [-0.2, 0) is 6.42 Å². The van der Waals surface area contributed by atoms with Gasteiger partial charge >= 0.3 is 0 Å². The summed E-state index contributed by atoms with van der Waals surface area (Å²) in [5, 5.41) is 0. The first kappa shape index (κ1) is 13.3. The summed E-state index contributed by atoms with van der Waals surface area (Å²) in [6, 6.07) is 9.10. The summed E-state index contributed by atoms with van der Waals surface area (Å²) in [4.78, 5) is 23.4. The van der Waals surface area contributed by atoms with Crippen LogP contribution in [0, 0.1) is 13.8 Å². The Hall–Kier alpha value is -2.16. The predicted octanol–water partition coefficient (Wildman–Crippen LogP) is 3.52. The Morgan fingerprint density at radius 2 is 1.89 bits per heavy atom. The lowest BCUT2D eigenvalue weighted by molar-refractivity contribution is 0.0984. The zero-order valence-electron chi connectivity index (χ0n) is 11.3. The fourth-order valence-corrected chi connectivity index (χ4v) is 2.06. The Labute approximate surface area is 112 Å². The maximum Gasteiger partial charge on any atom is 0.170 e. The lowest BCUT2D eigenvalue weighted by Gasteiger charge is -2.00. The molecule has 0 radical (unpaired) electrons. The largest absolute Gasteiger partial charge is 0.465 e. The van der Waals surface area contributed by atoms with Gasteiger partial charge in [-0.1, -0.05) is 23.8 Å². The van der Waals surface area contributed by atoms with Crippen LogP contribution in [0.5, 0.6) is 0 Å². The Kier molecular flexibility index (Phi) is 3.65. The first-order valence-electron chi connectivity index (χ1n) is 6.17. The molecule has 2 aromatic rings. The number of benzene rings is 1. The molecule has 19 heavy (non-hydrogen) atoms. The van der Waals surface area contributed by atoms with Gasteiger partial charge in [-0.2, -0.15) is 0 Å². The van der Waals surface area contributed by atoms with Gasteiger partial charge in [-0.05, 0) is 32.9 Å². The van der Waals surface area contributed by atoms with Gasteiger partial charge in [-0.3, -0.25) is 9.59 Å². The van der Waals surface area contributed by atoms with Crippen LogP contribution in [0.1, 0.15) is 44.7 Å². The van der Waals surface area contributed by atoms with E-state index in [2.05, 4.69) is 0 Å². The molecule has 3 nitrogen and oxygen atoms in total. The van der Waals surface area contributed by atoms with Crippen molar-refractivity contribution < 1.29 is 14.0 Å². The molecule has 2 rings (SSSR count). The molecule has 0 unspecified atom stereocenters. The fraction of sp³-hybridized carbons (Fsp3) is 0.250. The zero-order valence-corrected chi connectivity index (χ0v) is 11.3. The maximum atomic E-state index is 12.1. The lowest BCUT2D eigenvalue weighted by Crippen LogP contribution is -2.02. The minimum Gasteiger partial charge on any atom is -0.465 e. The summed E-state index contributed by atoms with van der Waals surface area (Å²) in [7, 11) is 0. The summed E-state index contributed by atoms with van der Waals surface area (Å²) in [5.41, 5.74) is 2.26. The van der Waals surface area contributed by atoms with Crippen LogP contribution in [0.2, 0.25) is 0 Å². The Bertz CT molecular complexity index is 635. The molecular formula is C16H16O3. The van der Waals surface area contributed by atoms with Gasteiger partial charge in [0.1, 0.15) is 11.5 Å². The SMILES string of the molecule is CC(=O)c1cc(CC(=O)c2cccc(C)c2)oc1C. The number of Topliss-reactive ketones (excluding diaryl/α,β-unsaturated/α-hetero) is 2. The molecule has 1 heterocycles. The summed E-state index contributed by atoms with van der Waals surface area (Å²) in [6.45, 7) is 5.17. The van der Waals surface area contributed by atoms with Crippen LogP contribution in [-0.4, -0.2) is 11.6 Å². The lowest BCUT2D eigenvalue weighted by atomic mass is 10.0. The van der Waals surface area contributed by atoms with Gasteiger partial charge in [0.05, 0.1) is 12.0 Å². The van der Waals surface area contributed by atoms with Gasteiger partial charge in [0, 0.05) is 5.56 Å². The van der Waals surface area contributed by atoms with Crippen LogP contribution >= 0.6 is 0 Å². The van der Waals surface area contributed by atoms with Crippen molar-refractivity contribution >= 4 is 11.6 Å². The van der Waals surface area contributed by atoms with Crippen molar-refractivity contribution in [3.63, 3.8) is 0 Å². The molecule has 0 fully saturated rings. The van der Waals surface area contributed by atoms with Gasteiger partial charge in [-0.15, -0.1) is 0 Å². The summed E-state index contributed by atoms with van der Waals surface area (Å²) < 4.78 is 5.46. The highest BCUT2D eigenvalue weighted by Gasteiger charge is 2.14. The van der Waals surface area contributed by atoms with Gasteiger partial charge < -0.3 is 4.42 Å². The van der Waals surface area contributed by atoms with E-state index in [0.717, 1.165) is 5.56 Å². The average molecular weight is 256 g/mol. The number of hydrogen-bond acceptors (Lipinski definition) is 3. The molecule has 0 atom stereocenters. The average Bonchev–Trinajstić information content (AvgIpc) is 2.70. The first-order valence-corrected chi connectivity index (χ1v) is 6.17. The minimum atomic E-state index is -0.0458. The van der Waals surface area contributed by atoms with Crippen molar-refractivity contribution in [1.82, 2.24) is 0 Å². The van der Waals surface area contributed by atoms with Crippen LogP contribution in [0.4, 0.5) is 0 Å². The molecule has 0 saturated carbocycles.